The van der Waals surface area contributed by atoms with Gasteiger partial charge in [-0.2, -0.15) is 26.3 Å². The Balaban J connectivity index is 3.21. The fourth-order valence-corrected chi connectivity index (χ4v) is 4.22. The number of hydrogen-bond acceptors (Lipinski definition) is 11. The predicted molar refractivity (Wildman–Crippen MR) is 141 cm³/mol. The fourth-order valence-electron chi connectivity index (χ4n) is 4.22. The second-order valence-corrected chi connectivity index (χ2v) is 10.2. The molecule has 45 heavy (non-hydrogen) atoms. The molecule has 0 aromatic heterocycles. The molecular formula is C28H40F6O11. The summed E-state index contributed by atoms with van der Waals surface area (Å²) in [5, 5.41) is 0. The van der Waals surface area contributed by atoms with Crippen LogP contribution in [0.3, 0.4) is 0 Å². The number of carbonyl (C=O) groups excluding carboxylic acids is 4. The number of alkyl halides is 4. The smallest absolute Gasteiger partial charge is 0.426 e. The minimum absolute atomic E-state index is 0.0471. The van der Waals surface area contributed by atoms with Crippen molar-refractivity contribution in [3.63, 3.8) is 0 Å². The number of hydrogen-bond donors (Lipinski definition) is 0. The molecule has 0 radical (unpaired) electrons. The minimum atomic E-state index is -5.88. The second-order valence-electron chi connectivity index (χ2n) is 10.2. The Labute approximate surface area is 256 Å². The number of unbranched alkanes of at least 4 members (excludes halogenated alkanes) is 7. The van der Waals surface area contributed by atoms with Crippen molar-refractivity contribution in [1.82, 2.24) is 0 Å². The zero-order valence-electron chi connectivity index (χ0n) is 25.7. The molecule has 1 heterocycles. The van der Waals surface area contributed by atoms with Gasteiger partial charge in [0, 0.05) is 27.7 Å². The highest BCUT2D eigenvalue weighted by Gasteiger charge is 2.64. The van der Waals surface area contributed by atoms with Gasteiger partial charge in [0.15, 0.2) is 12.2 Å². The van der Waals surface area contributed by atoms with E-state index in [0.717, 1.165) is 59.8 Å². The first-order valence-corrected chi connectivity index (χ1v) is 14.4. The van der Waals surface area contributed by atoms with Crippen LogP contribution in [-0.4, -0.2) is 79.8 Å². The van der Waals surface area contributed by atoms with Gasteiger partial charge in [-0.3, -0.25) is 19.2 Å². The summed E-state index contributed by atoms with van der Waals surface area (Å²) < 4.78 is 120. The minimum Gasteiger partial charge on any atom is -0.463 e. The van der Waals surface area contributed by atoms with Crippen LogP contribution in [0.4, 0.5) is 26.3 Å². The molecule has 1 fully saturated rings. The molecule has 0 unspecified atom stereocenters. The molecule has 0 amide bonds. The second kappa shape index (κ2) is 18.8. The Hall–Kier alpha value is -3.08. The molecule has 1 aliphatic rings. The third-order valence-electron chi connectivity index (χ3n) is 6.26. The molecule has 1 aliphatic heterocycles. The summed E-state index contributed by atoms with van der Waals surface area (Å²) in [5.41, 5.74) is 0. The van der Waals surface area contributed by atoms with Crippen molar-refractivity contribution in [2.45, 2.75) is 129 Å². The standard InChI is InChI=1S/C28H40F6O11/c1-6-7-8-9-10-11-12-13-14-40-28(33,34)27(31,32)24(29)25(30)45-26-23(43-19(5)38)22(42-18(4)37)21(41-17(3)36)20(44-26)15-39-16(2)35/h20-23,26H,6-15H2,1-5H3/b25-24+/t20-,21-,22+,23+,26-/m1/s1. The molecule has 1 rings (SSSR count). The normalized spacial score (nSPS) is 22.6. The van der Waals surface area contributed by atoms with E-state index in [1.807, 2.05) is 6.92 Å². The Morgan fingerprint density at radius 1 is 0.667 bits per heavy atom. The summed E-state index contributed by atoms with van der Waals surface area (Å²) in [4.78, 5) is 46.7. The molecule has 5 atom stereocenters. The van der Waals surface area contributed by atoms with Crippen molar-refractivity contribution in [1.29, 1.82) is 0 Å². The van der Waals surface area contributed by atoms with E-state index in [1.165, 1.54) is 0 Å². The Kier molecular flexibility index (Phi) is 16.7. The lowest BCUT2D eigenvalue weighted by atomic mass is 9.98. The Bertz CT molecular complexity index is 1020. The van der Waals surface area contributed by atoms with Gasteiger partial charge in [-0.05, 0) is 6.42 Å². The van der Waals surface area contributed by atoms with Gasteiger partial charge in [-0.15, -0.1) is 0 Å². The fraction of sp³-hybridized carbons (Fsp3) is 0.786. The average molecular weight is 667 g/mol. The number of halogens is 6. The molecule has 0 aromatic rings. The van der Waals surface area contributed by atoms with Gasteiger partial charge < -0.3 is 33.2 Å². The van der Waals surface area contributed by atoms with Crippen molar-refractivity contribution in [2.24, 2.45) is 0 Å². The molecule has 0 aromatic carbocycles. The maximum absolute atomic E-state index is 14.8. The van der Waals surface area contributed by atoms with Crippen LogP contribution in [0.2, 0.25) is 0 Å². The summed E-state index contributed by atoms with van der Waals surface area (Å²) in [6.45, 7) is 3.88. The molecule has 260 valence electrons. The van der Waals surface area contributed by atoms with Crippen LogP contribution in [0.5, 0.6) is 0 Å². The lowest BCUT2D eigenvalue weighted by Gasteiger charge is -2.43. The summed E-state index contributed by atoms with van der Waals surface area (Å²) in [7, 11) is 0. The van der Waals surface area contributed by atoms with Crippen LogP contribution < -0.4 is 0 Å². The van der Waals surface area contributed by atoms with Crippen molar-refractivity contribution in [3.8, 4) is 0 Å². The molecule has 17 heteroatoms. The van der Waals surface area contributed by atoms with E-state index >= 15 is 0 Å². The molecule has 0 N–H and O–H groups in total. The third kappa shape index (κ3) is 13.0. The monoisotopic (exact) mass is 666 g/mol. The van der Waals surface area contributed by atoms with Gasteiger partial charge in [-0.1, -0.05) is 51.9 Å². The van der Waals surface area contributed by atoms with Gasteiger partial charge in [0.1, 0.15) is 12.7 Å². The first-order valence-electron chi connectivity index (χ1n) is 14.4. The van der Waals surface area contributed by atoms with Crippen LogP contribution in [0.15, 0.2) is 11.8 Å². The van der Waals surface area contributed by atoms with Gasteiger partial charge in [0.05, 0.1) is 6.61 Å². The van der Waals surface area contributed by atoms with Crippen molar-refractivity contribution >= 4 is 23.9 Å². The van der Waals surface area contributed by atoms with Gasteiger partial charge in [-0.25, -0.2) is 0 Å². The Morgan fingerprint density at radius 2 is 1.16 bits per heavy atom. The number of carbonyl (C=O) groups is 4. The van der Waals surface area contributed by atoms with E-state index < -0.39 is 91.7 Å². The van der Waals surface area contributed by atoms with Crippen molar-refractivity contribution in [3.05, 3.63) is 11.8 Å². The third-order valence-corrected chi connectivity index (χ3v) is 6.26. The average Bonchev–Trinajstić information content (AvgIpc) is 2.92. The van der Waals surface area contributed by atoms with Crippen LogP contribution in [0.25, 0.3) is 0 Å². The van der Waals surface area contributed by atoms with Gasteiger partial charge in [0.2, 0.25) is 12.4 Å². The highest BCUT2D eigenvalue weighted by Crippen LogP contribution is 2.44. The van der Waals surface area contributed by atoms with E-state index in [-0.39, 0.29) is 6.42 Å². The summed E-state index contributed by atoms with van der Waals surface area (Å²) in [6.07, 6.45) is -9.71. The van der Waals surface area contributed by atoms with Gasteiger partial charge >= 0.3 is 41.9 Å². The number of esters is 4. The van der Waals surface area contributed by atoms with E-state index in [1.54, 1.807) is 0 Å². The SMILES string of the molecule is CCCCCCCCCCOC(F)(F)C(F)(F)/C(F)=C(/F)O[C@H]1O[C@H](COC(C)=O)[C@@H](OC(C)=O)[C@H](OC(C)=O)[C@@H]1OC(C)=O. The summed E-state index contributed by atoms with van der Waals surface area (Å²) in [6, 6.07) is -2.92. The van der Waals surface area contributed by atoms with Crippen LogP contribution in [-0.2, 0) is 52.3 Å². The molecule has 0 aliphatic carbocycles. The lowest BCUT2D eigenvalue weighted by molar-refractivity contribution is -0.341. The molecule has 0 spiro atoms. The zero-order chi connectivity index (χ0) is 34.4. The van der Waals surface area contributed by atoms with E-state index in [9.17, 15) is 45.5 Å². The zero-order valence-corrected chi connectivity index (χ0v) is 25.7. The van der Waals surface area contributed by atoms with Crippen LogP contribution in [0, 0.1) is 0 Å². The van der Waals surface area contributed by atoms with E-state index in [4.69, 9.17) is 23.7 Å². The largest absolute Gasteiger partial charge is 0.463 e. The number of rotatable bonds is 19. The maximum atomic E-state index is 14.8. The quantitative estimate of drug-likeness (QED) is 0.0563. The predicted octanol–water partition coefficient (Wildman–Crippen LogP) is 5.58. The topological polar surface area (TPSA) is 133 Å². The van der Waals surface area contributed by atoms with E-state index in [2.05, 4.69) is 9.47 Å². The van der Waals surface area contributed by atoms with E-state index in [0.29, 0.717) is 12.8 Å². The van der Waals surface area contributed by atoms with Crippen LogP contribution >= 0.6 is 0 Å². The highest BCUT2D eigenvalue weighted by molar-refractivity contribution is 5.68. The number of ether oxygens (including phenoxy) is 7. The first kappa shape index (κ1) is 39.9. The molecular weight excluding hydrogens is 626 g/mol. The van der Waals surface area contributed by atoms with Crippen molar-refractivity contribution in [2.75, 3.05) is 13.2 Å². The molecule has 0 saturated carbocycles. The van der Waals surface area contributed by atoms with Crippen LogP contribution in [0.1, 0.15) is 86.0 Å². The summed E-state index contributed by atoms with van der Waals surface area (Å²) in [5.74, 6) is -13.5. The summed E-state index contributed by atoms with van der Waals surface area (Å²) >= 11 is 0. The first-order chi connectivity index (χ1) is 20.9. The van der Waals surface area contributed by atoms with Gasteiger partial charge in [0.25, 0.3) is 5.83 Å². The van der Waals surface area contributed by atoms with Crippen molar-refractivity contribution < 1.29 is 78.7 Å². The molecule has 0 bridgehead atoms. The molecule has 11 nitrogen and oxygen atoms in total. The maximum Gasteiger partial charge on any atom is 0.426 e. The lowest BCUT2D eigenvalue weighted by Crippen LogP contribution is -2.62. The molecule has 1 saturated heterocycles. The Morgan fingerprint density at radius 3 is 1.67 bits per heavy atom. The highest BCUT2D eigenvalue weighted by atomic mass is 19.3.